The molecule has 1 atom stereocenters. The van der Waals surface area contributed by atoms with Crippen LogP contribution in [0.1, 0.15) is 12.0 Å². The number of nitrogens with one attached hydrogen (secondary N) is 2. The minimum Gasteiger partial charge on any atom is -0.478 e. The van der Waals surface area contributed by atoms with E-state index in [1.807, 2.05) is 25.1 Å². The maximum Gasteiger partial charge on any atom is 0.266 e. The van der Waals surface area contributed by atoms with Crippen LogP contribution in [0.3, 0.4) is 0 Å². The highest BCUT2D eigenvalue weighted by Gasteiger charge is 2.29. The van der Waals surface area contributed by atoms with E-state index in [-0.39, 0.29) is 18.2 Å². The largest absolute Gasteiger partial charge is 0.478 e. The van der Waals surface area contributed by atoms with Crippen LogP contribution in [0.25, 0.3) is 0 Å². The van der Waals surface area contributed by atoms with Crippen LogP contribution in [0.2, 0.25) is 0 Å². The molecular formula is C17H23N3O4. The fourth-order valence-corrected chi connectivity index (χ4v) is 2.82. The predicted molar refractivity (Wildman–Crippen MR) is 89.1 cm³/mol. The first-order valence-electron chi connectivity index (χ1n) is 8.27. The Morgan fingerprint density at radius 3 is 2.96 bits per heavy atom. The average Bonchev–Trinajstić information content (AvgIpc) is 2.57. The zero-order valence-electron chi connectivity index (χ0n) is 13.8. The Balaban J connectivity index is 1.46. The molecule has 1 unspecified atom stereocenters. The Hall–Kier alpha value is -2.12. The Kier molecular flexibility index (Phi) is 5.32. The number of carbonyl (C=O) groups is 2. The van der Waals surface area contributed by atoms with Crippen LogP contribution in [0, 0.1) is 6.92 Å². The Bertz CT molecular complexity index is 614. The highest BCUT2D eigenvalue weighted by molar-refractivity contribution is 6.00. The second-order valence-electron chi connectivity index (χ2n) is 6.10. The van der Waals surface area contributed by atoms with Crippen LogP contribution >= 0.6 is 0 Å². The average molecular weight is 333 g/mol. The van der Waals surface area contributed by atoms with Gasteiger partial charge in [-0.2, -0.15) is 0 Å². The molecule has 0 spiro atoms. The van der Waals surface area contributed by atoms with E-state index in [0.717, 1.165) is 38.4 Å². The first kappa shape index (κ1) is 16.7. The van der Waals surface area contributed by atoms with Gasteiger partial charge >= 0.3 is 0 Å². The Labute approximate surface area is 141 Å². The molecule has 0 aliphatic carbocycles. The molecule has 0 saturated carbocycles. The smallest absolute Gasteiger partial charge is 0.266 e. The van der Waals surface area contributed by atoms with Gasteiger partial charge in [0.2, 0.25) is 5.91 Å². The molecule has 7 heteroatoms. The minimum atomic E-state index is -0.788. The molecule has 1 aromatic carbocycles. The topological polar surface area (TPSA) is 79.9 Å². The van der Waals surface area contributed by atoms with E-state index >= 15 is 0 Å². The van der Waals surface area contributed by atoms with E-state index in [9.17, 15) is 9.59 Å². The molecule has 2 amide bonds. The molecule has 1 saturated heterocycles. The van der Waals surface area contributed by atoms with Crippen LogP contribution in [-0.4, -0.2) is 62.2 Å². The summed E-state index contributed by atoms with van der Waals surface area (Å²) in [6, 6.07) is 5.58. The first-order chi connectivity index (χ1) is 11.6. The summed E-state index contributed by atoms with van der Waals surface area (Å²) in [4.78, 5) is 26.4. The van der Waals surface area contributed by atoms with Crippen LogP contribution in [-0.2, 0) is 14.3 Å². The molecule has 3 rings (SSSR count). The fraction of sp³-hybridized carbons (Fsp3) is 0.529. The van der Waals surface area contributed by atoms with Crippen LogP contribution in [0.5, 0.6) is 5.75 Å². The molecule has 2 heterocycles. The number of fused-ring (bicyclic) bond motifs is 1. The highest BCUT2D eigenvalue weighted by atomic mass is 16.5. The van der Waals surface area contributed by atoms with Gasteiger partial charge in [0.05, 0.1) is 25.3 Å². The number of benzene rings is 1. The molecule has 7 nitrogen and oxygen atoms in total. The third-order valence-corrected chi connectivity index (χ3v) is 4.18. The minimum absolute atomic E-state index is 0.0161. The first-order valence-corrected chi connectivity index (χ1v) is 8.27. The lowest BCUT2D eigenvalue weighted by Crippen LogP contribution is -2.44. The standard InChI is InChI=1S/C17H23N3O4/c1-12-2-3-14-13(10-12)19-17(22)15(24-14)11-16(21)18-4-5-20-6-8-23-9-7-20/h2-3,10,15H,4-9,11H2,1H3,(H,18,21)(H,19,22). The van der Waals surface area contributed by atoms with Crippen molar-refractivity contribution in [2.75, 3.05) is 44.7 Å². The second kappa shape index (κ2) is 7.63. The number of ether oxygens (including phenoxy) is 2. The number of morpholine rings is 1. The molecule has 130 valence electrons. The molecule has 2 aliphatic heterocycles. The molecule has 0 bridgehead atoms. The van der Waals surface area contributed by atoms with E-state index in [1.54, 1.807) is 0 Å². The zero-order chi connectivity index (χ0) is 16.9. The molecule has 1 aromatic rings. The summed E-state index contributed by atoms with van der Waals surface area (Å²) in [5.41, 5.74) is 1.70. The maximum atomic E-state index is 12.1. The summed E-state index contributed by atoms with van der Waals surface area (Å²) < 4.78 is 11.0. The SMILES string of the molecule is Cc1ccc2c(c1)NC(=O)C(CC(=O)NCCN1CCOCC1)O2. The molecule has 0 aromatic heterocycles. The number of nitrogens with zero attached hydrogens (tertiary/aromatic N) is 1. The third-order valence-electron chi connectivity index (χ3n) is 4.18. The number of hydrogen-bond acceptors (Lipinski definition) is 5. The van der Waals surface area contributed by atoms with Gasteiger partial charge in [0.15, 0.2) is 6.10 Å². The van der Waals surface area contributed by atoms with Gasteiger partial charge in [-0.3, -0.25) is 14.5 Å². The lowest BCUT2D eigenvalue weighted by molar-refractivity contribution is -0.130. The Morgan fingerprint density at radius 1 is 1.38 bits per heavy atom. The second-order valence-corrected chi connectivity index (χ2v) is 6.10. The van der Waals surface area contributed by atoms with E-state index < -0.39 is 6.10 Å². The summed E-state index contributed by atoms with van der Waals surface area (Å²) in [6.45, 7) is 6.55. The molecule has 0 radical (unpaired) electrons. The number of carbonyl (C=O) groups excluding carboxylic acids is 2. The summed E-state index contributed by atoms with van der Waals surface area (Å²) in [6.07, 6.45) is -0.772. The van der Waals surface area contributed by atoms with Crippen LogP contribution < -0.4 is 15.4 Å². The van der Waals surface area contributed by atoms with Gasteiger partial charge in [-0.15, -0.1) is 0 Å². The van der Waals surface area contributed by atoms with Crippen molar-refractivity contribution in [2.45, 2.75) is 19.4 Å². The lowest BCUT2D eigenvalue weighted by atomic mass is 10.1. The van der Waals surface area contributed by atoms with Crippen molar-refractivity contribution in [3.63, 3.8) is 0 Å². The quantitative estimate of drug-likeness (QED) is 0.822. The van der Waals surface area contributed by atoms with E-state index in [4.69, 9.17) is 9.47 Å². The molecule has 1 fully saturated rings. The number of amides is 2. The zero-order valence-corrected chi connectivity index (χ0v) is 13.8. The summed E-state index contributed by atoms with van der Waals surface area (Å²) in [5, 5.41) is 5.65. The van der Waals surface area contributed by atoms with Crippen molar-refractivity contribution >= 4 is 17.5 Å². The monoisotopic (exact) mass is 333 g/mol. The van der Waals surface area contributed by atoms with Crippen molar-refractivity contribution in [1.82, 2.24) is 10.2 Å². The van der Waals surface area contributed by atoms with Gasteiger partial charge in [-0.05, 0) is 24.6 Å². The maximum absolute atomic E-state index is 12.1. The van der Waals surface area contributed by atoms with Gasteiger partial charge in [0.25, 0.3) is 5.91 Å². The van der Waals surface area contributed by atoms with Crippen molar-refractivity contribution in [3.05, 3.63) is 23.8 Å². The normalized spacial score (nSPS) is 20.7. The number of hydrogen-bond donors (Lipinski definition) is 2. The van der Waals surface area contributed by atoms with Gasteiger partial charge in [-0.25, -0.2) is 0 Å². The van der Waals surface area contributed by atoms with Crippen molar-refractivity contribution in [3.8, 4) is 5.75 Å². The van der Waals surface area contributed by atoms with E-state index in [0.29, 0.717) is 18.0 Å². The Morgan fingerprint density at radius 2 is 2.17 bits per heavy atom. The van der Waals surface area contributed by atoms with Crippen molar-refractivity contribution in [2.24, 2.45) is 0 Å². The number of aryl methyl sites for hydroxylation is 1. The molecule has 24 heavy (non-hydrogen) atoms. The number of rotatable bonds is 5. The summed E-state index contributed by atoms with van der Waals surface area (Å²) >= 11 is 0. The van der Waals surface area contributed by atoms with Gasteiger partial charge in [0, 0.05) is 26.2 Å². The van der Waals surface area contributed by atoms with Crippen LogP contribution in [0.4, 0.5) is 5.69 Å². The van der Waals surface area contributed by atoms with E-state index in [1.165, 1.54) is 0 Å². The predicted octanol–water partition coefficient (Wildman–Crippen LogP) is 0.533. The van der Waals surface area contributed by atoms with Crippen molar-refractivity contribution < 1.29 is 19.1 Å². The molecule has 2 N–H and O–H groups in total. The van der Waals surface area contributed by atoms with Crippen LogP contribution in [0.15, 0.2) is 18.2 Å². The third kappa shape index (κ3) is 4.24. The van der Waals surface area contributed by atoms with Crippen molar-refractivity contribution in [1.29, 1.82) is 0 Å². The van der Waals surface area contributed by atoms with Gasteiger partial charge in [0.1, 0.15) is 5.75 Å². The molecule has 2 aliphatic rings. The van der Waals surface area contributed by atoms with Gasteiger partial charge in [-0.1, -0.05) is 6.07 Å². The lowest BCUT2D eigenvalue weighted by Gasteiger charge is -2.27. The summed E-state index contributed by atoms with van der Waals surface area (Å²) in [7, 11) is 0. The highest BCUT2D eigenvalue weighted by Crippen LogP contribution is 2.30. The number of anilines is 1. The van der Waals surface area contributed by atoms with Gasteiger partial charge < -0.3 is 20.1 Å². The molecular weight excluding hydrogens is 310 g/mol. The summed E-state index contributed by atoms with van der Waals surface area (Å²) in [5.74, 6) is 0.140. The fourth-order valence-electron chi connectivity index (χ4n) is 2.82. The van der Waals surface area contributed by atoms with E-state index in [2.05, 4.69) is 15.5 Å².